The van der Waals surface area contributed by atoms with Crippen molar-refractivity contribution in [1.82, 2.24) is 24.8 Å². The van der Waals surface area contributed by atoms with Crippen LogP contribution in [0.25, 0.3) is 10.9 Å². The molecule has 2 aliphatic carbocycles. The number of carboxylic acid groups (broad SMARTS) is 1. The number of aryl methyl sites for hydroxylation is 1. The Morgan fingerprint density at radius 3 is 2.56 bits per heavy atom. The molecule has 0 bridgehead atoms. The molecule has 1 aromatic heterocycles. The van der Waals surface area contributed by atoms with Gasteiger partial charge in [0.25, 0.3) is 12.3 Å². The van der Waals surface area contributed by atoms with Gasteiger partial charge in [0.15, 0.2) is 5.75 Å². The molecule has 2 aromatic rings. The number of halogens is 3. The smallest absolute Gasteiger partial charge is 0.407 e. The molecule has 0 unspecified atom stereocenters. The zero-order chi connectivity index (χ0) is 41.3. The number of aromatic nitrogens is 1. The number of hydrogen-bond acceptors (Lipinski definition) is 8. The molecule has 1 saturated heterocycles. The number of fused-ring (bicyclic) bond motifs is 5. The Morgan fingerprint density at radius 1 is 1.16 bits per heavy atom. The molecule has 5 aliphatic rings. The van der Waals surface area contributed by atoms with Crippen LogP contribution in [-0.2, 0) is 30.8 Å². The van der Waals surface area contributed by atoms with Gasteiger partial charge in [-0.2, -0.15) is 0 Å². The van der Waals surface area contributed by atoms with E-state index >= 15 is 0 Å². The van der Waals surface area contributed by atoms with E-state index in [-0.39, 0.29) is 50.9 Å². The summed E-state index contributed by atoms with van der Waals surface area (Å²) in [6, 6.07) is 2.22. The summed E-state index contributed by atoms with van der Waals surface area (Å²) >= 11 is 6.30. The number of allylic oxidation sites excluding steroid dienone is 1. The monoisotopic (exact) mass is 833 g/mol. The summed E-state index contributed by atoms with van der Waals surface area (Å²) in [6.07, 6.45) is 3.16. The molecule has 3 aliphatic heterocycles. The average Bonchev–Trinajstić information content (AvgIpc) is 4.02. The number of sulfonamides is 1. The third-order valence-corrected chi connectivity index (χ3v) is 14.6. The highest BCUT2D eigenvalue weighted by molar-refractivity contribution is 7.91. The van der Waals surface area contributed by atoms with E-state index in [1.807, 2.05) is 26.8 Å². The maximum absolute atomic E-state index is 15.0. The van der Waals surface area contributed by atoms with Crippen molar-refractivity contribution in [2.75, 3.05) is 13.1 Å². The average molecular weight is 834 g/mol. The molecule has 4 amide bonds. The number of alkyl halides is 2. The van der Waals surface area contributed by atoms with E-state index in [1.165, 1.54) is 4.90 Å². The van der Waals surface area contributed by atoms with E-state index in [0.29, 0.717) is 60.0 Å². The topological polar surface area (TPSA) is 175 Å². The third kappa shape index (κ3) is 7.92. The minimum Gasteiger partial charge on any atom is -0.483 e. The van der Waals surface area contributed by atoms with Crippen molar-refractivity contribution >= 4 is 56.3 Å². The first-order valence-corrected chi connectivity index (χ1v) is 21.5. The van der Waals surface area contributed by atoms with Crippen molar-refractivity contribution in [3.63, 3.8) is 0 Å². The van der Waals surface area contributed by atoms with Gasteiger partial charge in [-0.05, 0) is 81.9 Å². The van der Waals surface area contributed by atoms with E-state index in [0.717, 1.165) is 4.90 Å². The second kappa shape index (κ2) is 14.6. The highest BCUT2D eigenvalue weighted by atomic mass is 35.5. The molecule has 1 aromatic carbocycles. The Labute approximate surface area is 335 Å². The van der Waals surface area contributed by atoms with Gasteiger partial charge in [0.1, 0.15) is 28.9 Å². The number of carbonyl (C=O) groups is 4. The van der Waals surface area contributed by atoms with Crippen molar-refractivity contribution in [3.05, 3.63) is 46.6 Å². The van der Waals surface area contributed by atoms with Gasteiger partial charge >= 0.3 is 6.09 Å². The molecular formula is C40H50ClF2N5O8S. The summed E-state index contributed by atoms with van der Waals surface area (Å²) in [6.45, 7) is 6.88. The lowest BCUT2D eigenvalue weighted by Crippen LogP contribution is -2.59. The fraction of sp³-hybridized carbons (Fsp3) is 0.625. The standard InChI is InChI=1S/C40H50ClF2N5O8S/c1-37(2,3)21-48(36(52)53)28-11-9-7-5-6-8-10-23-19-40(23,35(51)46-57(54,55)38(4)16-17-38)45-33(49)29-20-39(22-47(29)34(28)50)15-14-25-26-18-24(41)12-13-27(26)44-30(32(42)43)31(25)56-39/h8,10,12-13,18,23,28-29,32H,5-7,9,11,14-17,19-22H2,1-4H3,(H,45,49)(H,46,51)(H,52,53)/b10-8-/t23-,28+,29+,39-,40-/m1/s1. The number of amides is 4. The molecule has 4 heterocycles. The first kappa shape index (κ1) is 41.1. The molecule has 1 spiro atoms. The quantitative estimate of drug-likeness (QED) is 0.283. The summed E-state index contributed by atoms with van der Waals surface area (Å²) in [5.74, 6) is -2.98. The van der Waals surface area contributed by atoms with Gasteiger partial charge in [0, 0.05) is 34.9 Å². The molecule has 3 fully saturated rings. The summed E-state index contributed by atoms with van der Waals surface area (Å²) in [5, 5.41) is 14.2. The Bertz CT molecular complexity index is 2140. The number of nitrogens with zero attached hydrogens (tertiary/aromatic N) is 3. The van der Waals surface area contributed by atoms with Gasteiger partial charge < -0.3 is 20.1 Å². The number of hydrogen-bond donors (Lipinski definition) is 3. The molecule has 2 saturated carbocycles. The van der Waals surface area contributed by atoms with Crippen LogP contribution in [0.5, 0.6) is 5.75 Å². The van der Waals surface area contributed by atoms with Crippen LogP contribution >= 0.6 is 11.6 Å². The summed E-state index contributed by atoms with van der Waals surface area (Å²) in [4.78, 5) is 63.1. The summed E-state index contributed by atoms with van der Waals surface area (Å²) < 4.78 is 63.5. The van der Waals surface area contributed by atoms with Crippen LogP contribution in [0.3, 0.4) is 0 Å². The SMILES string of the molecule is CC(C)(C)CN(C(=O)O)[C@H]1CCCCC/C=C\[C@@H]2C[C@@]2(C(=O)NS(=O)(=O)C2(C)CC2)NC(=O)[C@@H]2C[C@]3(CCc4c(c(C(F)F)nc5ccc(Cl)cc45)O3)CN2C1=O. The van der Waals surface area contributed by atoms with Crippen LogP contribution in [0.1, 0.15) is 110 Å². The number of benzene rings is 1. The van der Waals surface area contributed by atoms with E-state index in [1.54, 1.807) is 31.2 Å². The van der Waals surface area contributed by atoms with Crippen LogP contribution in [0, 0.1) is 11.3 Å². The number of rotatable bonds is 6. The largest absolute Gasteiger partial charge is 0.483 e. The second-order valence-corrected chi connectivity index (χ2v) is 20.6. The number of carbonyl (C=O) groups excluding carboxylic acids is 3. The van der Waals surface area contributed by atoms with Crippen molar-refractivity contribution in [3.8, 4) is 5.75 Å². The Hall–Kier alpha value is -4.05. The van der Waals surface area contributed by atoms with Gasteiger partial charge in [-0.1, -0.05) is 57.4 Å². The molecule has 17 heteroatoms. The fourth-order valence-corrected chi connectivity index (χ4v) is 10.1. The first-order chi connectivity index (χ1) is 26.7. The van der Waals surface area contributed by atoms with Gasteiger partial charge in [-0.3, -0.25) is 24.0 Å². The van der Waals surface area contributed by atoms with E-state index < -0.39 is 85.3 Å². The summed E-state index contributed by atoms with van der Waals surface area (Å²) in [5.41, 5.74) is -3.36. The van der Waals surface area contributed by atoms with Crippen LogP contribution in [0.4, 0.5) is 13.6 Å². The zero-order valence-corrected chi connectivity index (χ0v) is 34.1. The van der Waals surface area contributed by atoms with Crippen LogP contribution < -0.4 is 14.8 Å². The lowest BCUT2D eigenvalue weighted by molar-refractivity contribution is -0.143. The van der Waals surface area contributed by atoms with E-state index in [4.69, 9.17) is 16.3 Å². The first-order valence-electron chi connectivity index (χ1n) is 19.6. The predicted octanol–water partition coefficient (Wildman–Crippen LogP) is 6.28. The highest BCUT2D eigenvalue weighted by Gasteiger charge is 2.64. The van der Waals surface area contributed by atoms with Gasteiger partial charge in [-0.25, -0.2) is 27.0 Å². The Kier molecular flexibility index (Phi) is 10.6. The van der Waals surface area contributed by atoms with Crippen molar-refractivity contribution < 1.29 is 46.2 Å². The second-order valence-electron chi connectivity index (χ2n) is 17.9. The Balaban J connectivity index is 1.29. The number of pyridine rings is 1. The molecule has 13 nitrogen and oxygen atoms in total. The number of nitrogens with one attached hydrogen (secondary N) is 2. The van der Waals surface area contributed by atoms with Crippen LogP contribution in [-0.4, -0.2) is 93.2 Å². The molecule has 57 heavy (non-hydrogen) atoms. The maximum atomic E-state index is 15.0. The fourth-order valence-electron chi connectivity index (χ4n) is 8.63. The van der Waals surface area contributed by atoms with Crippen molar-refractivity contribution in [2.45, 2.75) is 133 Å². The minimum absolute atomic E-state index is 0.0125. The highest BCUT2D eigenvalue weighted by Crippen LogP contribution is 2.50. The van der Waals surface area contributed by atoms with Gasteiger partial charge in [0.05, 0.1) is 16.8 Å². The van der Waals surface area contributed by atoms with Gasteiger partial charge in [-0.15, -0.1) is 0 Å². The molecule has 0 radical (unpaired) electrons. The Morgan fingerprint density at radius 2 is 1.89 bits per heavy atom. The van der Waals surface area contributed by atoms with E-state index in [2.05, 4.69) is 15.0 Å². The normalized spacial score (nSPS) is 29.3. The molecule has 7 rings (SSSR count). The van der Waals surface area contributed by atoms with Crippen molar-refractivity contribution in [2.24, 2.45) is 11.3 Å². The predicted molar refractivity (Wildman–Crippen MR) is 207 cm³/mol. The molecule has 5 atom stereocenters. The van der Waals surface area contributed by atoms with Crippen molar-refractivity contribution in [1.29, 1.82) is 0 Å². The molecule has 310 valence electrons. The third-order valence-electron chi connectivity index (χ3n) is 12.2. The molecule has 3 N–H and O–H groups in total. The van der Waals surface area contributed by atoms with Crippen LogP contribution in [0.2, 0.25) is 5.02 Å². The summed E-state index contributed by atoms with van der Waals surface area (Å²) in [7, 11) is -4.07. The lowest BCUT2D eigenvalue weighted by atomic mass is 9.87. The van der Waals surface area contributed by atoms with Gasteiger partial charge in [0.2, 0.25) is 21.8 Å². The van der Waals surface area contributed by atoms with E-state index in [9.17, 15) is 41.5 Å². The zero-order valence-electron chi connectivity index (χ0n) is 32.6. The maximum Gasteiger partial charge on any atom is 0.407 e. The lowest BCUT2D eigenvalue weighted by Gasteiger charge is -2.38. The minimum atomic E-state index is -4.07. The van der Waals surface area contributed by atoms with Crippen LogP contribution in [0.15, 0.2) is 30.4 Å². The molecular weight excluding hydrogens is 784 g/mol. The number of ether oxygens (including phenoxy) is 1.